The maximum atomic E-state index is 11.0. The van der Waals surface area contributed by atoms with E-state index in [0.29, 0.717) is 18.7 Å². The first kappa shape index (κ1) is 14.9. The molecule has 104 valence electrons. The Hall–Kier alpha value is -2.11. The molecule has 0 bridgehead atoms. The molecule has 0 aliphatic carbocycles. The lowest BCUT2D eigenvalue weighted by atomic mass is 10.2. The molecule has 1 aromatic rings. The number of hydrogen-bond acceptors (Lipinski definition) is 4. The highest BCUT2D eigenvalue weighted by Crippen LogP contribution is 2.29. The molecule has 0 aromatic heterocycles. The predicted octanol–water partition coefficient (Wildman–Crippen LogP) is 2.67. The fourth-order valence-corrected chi connectivity index (χ4v) is 1.92. The average molecular weight is 266 g/mol. The predicted molar refractivity (Wildman–Crippen MR) is 72.4 cm³/mol. The topological polar surface area (TPSA) is 83.7 Å². The first-order valence-corrected chi connectivity index (χ1v) is 6.15. The molecule has 1 aromatic carbocycles. The lowest BCUT2D eigenvalue weighted by molar-refractivity contribution is -0.384. The van der Waals surface area contributed by atoms with Gasteiger partial charge in [0.2, 0.25) is 0 Å². The van der Waals surface area contributed by atoms with Crippen LogP contribution in [0.1, 0.15) is 26.7 Å². The van der Waals surface area contributed by atoms with E-state index in [1.54, 1.807) is 18.2 Å². The summed E-state index contributed by atoms with van der Waals surface area (Å²) >= 11 is 0. The molecule has 0 spiro atoms. The van der Waals surface area contributed by atoms with E-state index in [2.05, 4.69) is 0 Å². The normalized spacial score (nSPS) is 10.5. The second-order valence-electron chi connectivity index (χ2n) is 4.53. The number of para-hydroxylation sites is 2. The molecule has 0 unspecified atom stereocenters. The molecular weight excluding hydrogens is 248 g/mol. The highest BCUT2D eigenvalue weighted by atomic mass is 16.6. The Balaban J connectivity index is 2.93. The molecule has 1 rings (SSSR count). The number of aliphatic carboxylic acids is 1. The zero-order chi connectivity index (χ0) is 14.4. The van der Waals surface area contributed by atoms with Crippen molar-refractivity contribution in [2.24, 2.45) is 0 Å². The lowest BCUT2D eigenvalue weighted by Gasteiger charge is -2.28. The van der Waals surface area contributed by atoms with Crippen LogP contribution in [0.15, 0.2) is 24.3 Å². The van der Waals surface area contributed by atoms with E-state index >= 15 is 0 Å². The van der Waals surface area contributed by atoms with Gasteiger partial charge in [0, 0.05) is 25.1 Å². The van der Waals surface area contributed by atoms with E-state index in [1.807, 2.05) is 18.7 Å². The Kier molecular flexibility index (Phi) is 5.29. The SMILES string of the molecule is CC(C)N(CCCC(=O)O)c1ccccc1[N+](=O)[O-]. The Bertz CT molecular complexity index is 460. The van der Waals surface area contributed by atoms with Crippen LogP contribution in [0.25, 0.3) is 0 Å². The number of hydrogen-bond donors (Lipinski definition) is 1. The molecule has 0 atom stereocenters. The smallest absolute Gasteiger partial charge is 0.303 e. The van der Waals surface area contributed by atoms with E-state index < -0.39 is 10.9 Å². The maximum Gasteiger partial charge on any atom is 0.303 e. The van der Waals surface area contributed by atoms with Crippen molar-refractivity contribution in [3.8, 4) is 0 Å². The van der Waals surface area contributed by atoms with Gasteiger partial charge in [0.05, 0.1) is 4.92 Å². The second-order valence-corrected chi connectivity index (χ2v) is 4.53. The van der Waals surface area contributed by atoms with Crippen LogP contribution in [0.3, 0.4) is 0 Å². The number of nitro benzene ring substituents is 1. The summed E-state index contributed by atoms with van der Waals surface area (Å²) in [4.78, 5) is 23.0. The summed E-state index contributed by atoms with van der Waals surface area (Å²) in [5, 5.41) is 19.7. The largest absolute Gasteiger partial charge is 0.481 e. The highest BCUT2D eigenvalue weighted by molar-refractivity contribution is 5.67. The third-order valence-corrected chi connectivity index (χ3v) is 2.80. The molecule has 0 heterocycles. The molecular formula is C13H18N2O4. The molecule has 0 aliphatic rings. The Morgan fingerprint density at radius 2 is 2.05 bits per heavy atom. The van der Waals surface area contributed by atoms with E-state index in [-0.39, 0.29) is 18.2 Å². The lowest BCUT2D eigenvalue weighted by Crippen LogP contribution is -2.32. The molecule has 0 saturated heterocycles. The van der Waals surface area contributed by atoms with Crippen LogP contribution < -0.4 is 4.90 Å². The first-order chi connectivity index (χ1) is 8.93. The minimum Gasteiger partial charge on any atom is -0.481 e. The molecule has 1 N–H and O–H groups in total. The van der Waals surface area contributed by atoms with Gasteiger partial charge in [-0.1, -0.05) is 12.1 Å². The molecule has 6 nitrogen and oxygen atoms in total. The molecule has 0 amide bonds. The summed E-state index contributed by atoms with van der Waals surface area (Å²) in [5.41, 5.74) is 0.583. The second kappa shape index (κ2) is 6.72. The van der Waals surface area contributed by atoms with E-state index in [4.69, 9.17) is 5.11 Å². The minimum absolute atomic E-state index is 0.0477. The molecule has 0 fully saturated rings. The van der Waals surface area contributed by atoms with Crippen LogP contribution in [-0.4, -0.2) is 28.6 Å². The third kappa shape index (κ3) is 4.24. The first-order valence-electron chi connectivity index (χ1n) is 6.15. The summed E-state index contributed by atoms with van der Waals surface area (Å²) < 4.78 is 0. The monoisotopic (exact) mass is 266 g/mol. The fraction of sp³-hybridized carbons (Fsp3) is 0.462. The number of carbonyl (C=O) groups is 1. The molecule has 19 heavy (non-hydrogen) atoms. The number of benzene rings is 1. The van der Waals surface area contributed by atoms with Crippen LogP contribution in [-0.2, 0) is 4.79 Å². The summed E-state index contributed by atoms with van der Waals surface area (Å²) in [5.74, 6) is -0.855. The van der Waals surface area contributed by atoms with E-state index in [1.165, 1.54) is 6.07 Å². The van der Waals surface area contributed by atoms with Gasteiger partial charge < -0.3 is 10.0 Å². The van der Waals surface area contributed by atoms with E-state index in [9.17, 15) is 14.9 Å². The van der Waals surface area contributed by atoms with Crippen molar-refractivity contribution in [3.05, 3.63) is 34.4 Å². The molecule has 0 radical (unpaired) electrons. The van der Waals surface area contributed by atoms with Gasteiger partial charge in [0.25, 0.3) is 5.69 Å². The fourth-order valence-electron chi connectivity index (χ4n) is 1.92. The van der Waals surface area contributed by atoms with Crippen molar-refractivity contribution in [2.75, 3.05) is 11.4 Å². The van der Waals surface area contributed by atoms with Crippen molar-refractivity contribution in [1.29, 1.82) is 0 Å². The summed E-state index contributed by atoms with van der Waals surface area (Å²) in [6.45, 7) is 4.34. The average Bonchev–Trinajstić information content (AvgIpc) is 2.34. The number of carboxylic acids is 1. The minimum atomic E-state index is -0.855. The van der Waals surface area contributed by atoms with Crippen LogP contribution in [0.4, 0.5) is 11.4 Å². The molecule has 0 saturated carbocycles. The number of nitrogens with zero attached hydrogens (tertiary/aromatic N) is 2. The van der Waals surface area contributed by atoms with Gasteiger partial charge in [0.1, 0.15) is 5.69 Å². The van der Waals surface area contributed by atoms with Gasteiger partial charge in [-0.3, -0.25) is 14.9 Å². The van der Waals surface area contributed by atoms with Crippen LogP contribution in [0.2, 0.25) is 0 Å². The summed E-state index contributed by atoms with van der Waals surface area (Å²) in [6, 6.07) is 6.59. The van der Waals surface area contributed by atoms with Crippen molar-refractivity contribution in [1.82, 2.24) is 0 Å². The maximum absolute atomic E-state index is 11.0. The van der Waals surface area contributed by atoms with Crippen molar-refractivity contribution >= 4 is 17.3 Å². The van der Waals surface area contributed by atoms with Crippen molar-refractivity contribution < 1.29 is 14.8 Å². The number of rotatable bonds is 7. The van der Waals surface area contributed by atoms with Gasteiger partial charge in [-0.2, -0.15) is 0 Å². The standard InChI is InChI=1S/C13H18N2O4/c1-10(2)14(9-5-8-13(16)17)11-6-3-4-7-12(11)15(18)19/h3-4,6-7,10H,5,8-9H2,1-2H3,(H,16,17). The number of anilines is 1. The third-order valence-electron chi connectivity index (χ3n) is 2.80. The van der Waals surface area contributed by atoms with E-state index in [0.717, 1.165) is 0 Å². The highest BCUT2D eigenvalue weighted by Gasteiger charge is 2.20. The number of nitro groups is 1. The molecule has 6 heteroatoms. The van der Waals surface area contributed by atoms with Crippen LogP contribution in [0, 0.1) is 10.1 Å². The van der Waals surface area contributed by atoms with Gasteiger partial charge >= 0.3 is 5.97 Å². The van der Waals surface area contributed by atoms with Crippen molar-refractivity contribution in [2.45, 2.75) is 32.7 Å². The summed E-state index contributed by atoms with van der Waals surface area (Å²) in [6.07, 6.45) is 0.517. The van der Waals surface area contributed by atoms with Gasteiger partial charge in [0.15, 0.2) is 0 Å². The molecule has 0 aliphatic heterocycles. The van der Waals surface area contributed by atoms with Gasteiger partial charge in [-0.05, 0) is 26.3 Å². The summed E-state index contributed by atoms with van der Waals surface area (Å²) in [7, 11) is 0. The number of carboxylic acid groups (broad SMARTS) is 1. The quantitative estimate of drug-likeness (QED) is 0.606. The Morgan fingerprint density at radius 3 is 2.58 bits per heavy atom. The van der Waals surface area contributed by atoms with Crippen LogP contribution >= 0.6 is 0 Å². The van der Waals surface area contributed by atoms with Crippen molar-refractivity contribution in [3.63, 3.8) is 0 Å². The van der Waals surface area contributed by atoms with Gasteiger partial charge in [-0.15, -0.1) is 0 Å². The zero-order valence-corrected chi connectivity index (χ0v) is 11.1. The Morgan fingerprint density at radius 1 is 1.42 bits per heavy atom. The van der Waals surface area contributed by atoms with Gasteiger partial charge in [-0.25, -0.2) is 0 Å². The van der Waals surface area contributed by atoms with Crippen LogP contribution in [0.5, 0.6) is 0 Å². The zero-order valence-electron chi connectivity index (χ0n) is 11.1. The Labute approximate surface area is 111 Å².